The molecular formula is C23H44ClN5O4. The fourth-order valence-corrected chi connectivity index (χ4v) is 2.75. The zero-order chi connectivity index (χ0) is 24.2. The quantitative estimate of drug-likeness (QED) is 0.160. The second-order valence-electron chi connectivity index (χ2n) is 7.85. The maximum atomic E-state index is 6.29. The van der Waals surface area contributed by atoms with Crippen LogP contribution in [0.15, 0.2) is 0 Å². The minimum Gasteiger partial charge on any atom is -0.361 e. The largest absolute Gasteiger partial charge is 0.361 e. The predicted molar refractivity (Wildman–Crippen MR) is 133 cm³/mol. The average molecular weight is 490 g/mol. The van der Waals surface area contributed by atoms with Gasteiger partial charge in [0.1, 0.15) is 26.9 Å². The zero-order valence-electron chi connectivity index (χ0n) is 21.1. The zero-order valence-corrected chi connectivity index (χ0v) is 21.8. The van der Waals surface area contributed by atoms with E-state index in [4.69, 9.17) is 30.5 Å². The smallest absolute Gasteiger partial charge is 0.235 e. The molecule has 1 heterocycles. The summed E-state index contributed by atoms with van der Waals surface area (Å²) >= 11 is 6.29. The van der Waals surface area contributed by atoms with Crippen LogP contribution in [0, 0.1) is 0 Å². The topological polar surface area (TPSA) is 82.1 Å². The van der Waals surface area contributed by atoms with Crippen LogP contribution in [0.25, 0.3) is 0 Å². The Labute approximate surface area is 205 Å². The Morgan fingerprint density at radius 2 is 0.848 bits per heavy atom. The predicted octanol–water partition coefficient (Wildman–Crippen LogP) is 5.23. The monoisotopic (exact) mass is 489 g/mol. The Morgan fingerprint density at radius 3 is 1.12 bits per heavy atom. The van der Waals surface area contributed by atoms with Crippen LogP contribution in [-0.4, -0.2) is 68.3 Å². The van der Waals surface area contributed by atoms with Gasteiger partial charge in [-0.05, 0) is 37.3 Å². The van der Waals surface area contributed by atoms with Gasteiger partial charge in [-0.3, -0.25) is 9.80 Å². The molecule has 0 spiro atoms. The van der Waals surface area contributed by atoms with Gasteiger partial charge < -0.3 is 18.9 Å². The van der Waals surface area contributed by atoms with Crippen LogP contribution in [0.5, 0.6) is 0 Å². The van der Waals surface area contributed by atoms with Gasteiger partial charge in [-0.2, -0.15) is 15.0 Å². The van der Waals surface area contributed by atoms with Gasteiger partial charge in [0.15, 0.2) is 0 Å². The van der Waals surface area contributed by atoms with E-state index in [-0.39, 0.29) is 5.28 Å². The molecule has 0 atom stereocenters. The summed E-state index contributed by atoms with van der Waals surface area (Å²) in [5.41, 5.74) is 0. The van der Waals surface area contributed by atoms with E-state index in [1.54, 1.807) is 0 Å². The molecule has 33 heavy (non-hydrogen) atoms. The van der Waals surface area contributed by atoms with Crippen LogP contribution in [0.1, 0.15) is 79.1 Å². The highest BCUT2D eigenvalue weighted by Crippen LogP contribution is 2.18. The van der Waals surface area contributed by atoms with Crippen molar-refractivity contribution in [3.63, 3.8) is 0 Å². The molecule has 9 nitrogen and oxygen atoms in total. The van der Waals surface area contributed by atoms with Crippen LogP contribution in [0.4, 0.5) is 11.9 Å². The summed E-state index contributed by atoms with van der Waals surface area (Å²) in [5.74, 6) is 0.815. The fourth-order valence-electron chi connectivity index (χ4n) is 2.60. The first kappa shape index (κ1) is 29.8. The van der Waals surface area contributed by atoms with Crippen molar-refractivity contribution in [3.05, 3.63) is 5.28 Å². The molecule has 0 bridgehead atoms. The molecule has 0 saturated carbocycles. The van der Waals surface area contributed by atoms with Crippen molar-refractivity contribution in [2.24, 2.45) is 0 Å². The summed E-state index contributed by atoms with van der Waals surface area (Å²) in [6.07, 6.45) is 8.24. The molecule has 0 radical (unpaired) electrons. The second kappa shape index (κ2) is 20.1. The number of aromatic nitrogens is 3. The van der Waals surface area contributed by atoms with Crippen LogP contribution in [0.2, 0.25) is 5.28 Å². The normalized spacial score (nSPS) is 11.2. The third kappa shape index (κ3) is 13.9. The second-order valence-corrected chi connectivity index (χ2v) is 8.19. The number of ether oxygens (including phenoxy) is 4. The molecule has 0 saturated heterocycles. The number of halogens is 1. The minimum atomic E-state index is 0.106. The highest BCUT2D eigenvalue weighted by molar-refractivity contribution is 6.28. The van der Waals surface area contributed by atoms with Gasteiger partial charge >= 0.3 is 0 Å². The lowest BCUT2D eigenvalue weighted by atomic mass is 10.4. The summed E-state index contributed by atoms with van der Waals surface area (Å²) in [6, 6.07) is 0. The van der Waals surface area contributed by atoms with Crippen molar-refractivity contribution >= 4 is 23.5 Å². The summed E-state index contributed by atoms with van der Waals surface area (Å²) in [5, 5.41) is 0.106. The molecule has 0 unspecified atom stereocenters. The lowest BCUT2D eigenvalue weighted by molar-refractivity contribution is 0.0795. The van der Waals surface area contributed by atoms with Crippen molar-refractivity contribution in [3.8, 4) is 0 Å². The van der Waals surface area contributed by atoms with Gasteiger partial charge in [0.25, 0.3) is 0 Å². The fraction of sp³-hybridized carbons (Fsp3) is 0.870. The molecule has 1 rings (SSSR count). The van der Waals surface area contributed by atoms with Crippen molar-refractivity contribution in [1.29, 1.82) is 0 Å². The minimum absolute atomic E-state index is 0.106. The van der Waals surface area contributed by atoms with E-state index in [2.05, 4.69) is 42.6 Å². The van der Waals surface area contributed by atoms with Gasteiger partial charge in [0, 0.05) is 26.4 Å². The van der Waals surface area contributed by atoms with Crippen LogP contribution >= 0.6 is 11.6 Å². The lowest BCUT2D eigenvalue weighted by Gasteiger charge is -2.26. The van der Waals surface area contributed by atoms with E-state index in [9.17, 15) is 0 Å². The molecule has 1 aromatic heterocycles. The van der Waals surface area contributed by atoms with Gasteiger partial charge in [0.05, 0.1) is 0 Å². The molecule has 0 aliphatic rings. The van der Waals surface area contributed by atoms with E-state index < -0.39 is 0 Å². The summed E-state index contributed by atoms with van der Waals surface area (Å²) in [7, 11) is 0. The SMILES string of the molecule is CCCCOCN(COCCCC)c1nc(Cl)nc(N(COCCCC)COCCCC)n1. The first-order valence-corrected chi connectivity index (χ1v) is 12.8. The van der Waals surface area contributed by atoms with Gasteiger partial charge in [0.2, 0.25) is 17.2 Å². The first-order valence-electron chi connectivity index (χ1n) is 12.4. The average Bonchev–Trinajstić information content (AvgIpc) is 2.81. The highest BCUT2D eigenvalue weighted by Gasteiger charge is 2.18. The molecule has 0 N–H and O–H groups in total. The molecule has 192 valence electrons. The molecule has 0 aromatic carbocycles. The van der Waals surface area contributed by atoms with Crippen molar-refractivity contribution in [2.75, 3.05) is 63.2 Å². The lowest BCUT2D eigenvalue weighted by Crippen LogP contribution is -2.34. The number of hydrogen-bond acceptors (Lipinski definition) is 9. The van der Waals surface area contributed by atoms with Gasteiger partial charge in [-0.1, -0.05) is 53.4 Å². The third-order valence-electron chi connectivity index (χ3n) is 4.71. The maximum absolute atomic E-state index is 6.29. The number of anilines is 2. The summed E-state index contributed by atoms with van der Waals surface area (Å²) < 4.78 is 23.2. The van der Waals surface area contributed by atoms with Gasteiger partial charge in [-0.15, -0.1) is 0 Å². The summed E-state index contributed by atoms with van der Waals surface area (Å²) in [6.45, 7) is 12.4. The highest BCUT2D eigenvalue weighted by atomic mass is 35.5. The molecule has 0 aliphatic heterocycles. The summed E-state index contributed by atoms with van der Waals surface area (Å²) in [4.78, 5) is 17.0. The van der Waals surface area contributed by atoms with E-state index in [1.165, 1.54) is 0 Å². The van der Waals surface area contributed by atoms with E-state index in [0.29, 0.717) is 65.2 Å². The molecule has 0 aliphatic carbocycles. The van der Waals surface area contributed by atoms with Crippen LogP contribution in [0.3, 0.4) is 0 Å². The van der Waals surface area contributed by atoms with Crippen LogP contribution < -0.4 is 9.80 Å². The number of unbranched alkanes of at least 4 members (excludes halogenated alkanes) is 4. The van der Waals surface area contributed by atoms with Crippen molar-refractivity contribution in [1.82, 2.24) is 15.0 Å². The molecule has 10 heteroatoms. The Bertz CT molecular complexity index is 530. The maximum Gasteiger partial charge on any atom is 0.235 e. The number of hydrogen-bond donors (Lipinski definition) is 0. The van der Waals surface area contributed by atoms with E-state index >= 15 is 0 Å². The number of nitrogens with zero attached hydrogens (tertiary/aromatic N) is 5. The Kier molecular flexibility index (Phi) is 18.2. The van der Waals surface area contributed by atoms with Gasteiger partial charge in [-0.25, -0.2) is 0 Å². The van der Waals surface area contributed by atoms with Crippen molar-refractivity contribution in [2.45, 2.75) is 79.1 Å². The van der Waals surface area contributed by atoms with E-state index in [0.717, 1.165) is 51.4 Å². The Hall–Kier alpha value is -1.26. The van der Waals surface area contributed by atoms with Crippen LogP contribution in [-0.2, 0) is 18.9 Å². The third-order valence-corrected chi connectivity index (χ3v) is 4.88. The molecule has 0 fully saturated rings. The molecular weight excluding hydrogens is 446 g/mol. The number of rotatable bonds is 22. The Balaban J connectivity index is 2.96. The first-order chi connectivity index (χ1) is 16.2. The molecule has 0 amide bonds. The Morgan fingerprint density at radius 1 is 0.545 bits per heavy atom. The standard InChI is InChI=1S/C23H44ClN5O4/c1-5-9-13-30-17-28(18-31-14-10-6-2)22-25-21(24)26-23(27-22)29(19-32-15-11-7-3)20-33-16-12-8-4/h5-20H2,1-4H3. The molecule has 1 aromatic rings. The van der Waals surface area contributed by atoms with E-state index in [1.807, 2.05) is 9.80 Å². The van der Waals surface area contributed by atoms with Crippen molar-refractivity contribution < 1.29 is 18.9 Å².